The van der Waals surface area contributed by atoms with Crippen LogP contribution >= 0.6 is 0 Å². The quantitative estimate of drug-likeness (QED) is 0.775. The third kappa shape index (κ3) is 2.21. The zero-order valence-corrected chi connectivity index (χ0v) is 10.3. The molecule has 1 unspecified atom stereocenters. The Morgan fingerprint density at radius 1 is 1.13 bits per heavy atom. The van der Waals surface area contributed by atoms with E-state index in [1.165, 1.54) is 45.1 Å². The van der Waals surface area contributed by atoms with Gasteiger partial charge in [0, 0.05) is 18.1 Å². The molecule has 2 fully saturated rings. The van der Waals surface area contributed by atoms with Crippen molar-refractivity contribution in [3.63, 3.8) is 0 Å². The molecule has 1 saturated carbocycles. The average molecular weight is 210 g/mol. The lowest BCUT2D eigenvalue weighted by atomic mass is 9.92. The van der Waals surface area contributed by atoms with Crippen LogP contribution in [0, 0.1) is 5.92 Å². The van der Waals surface area contributed by atoms with Crippen LogP contribution in [0.1, 0.15) is 52.4 Å². The fourth-order valence-corrected chi connectivity index (χ4v) is 3.49. The van der Waals surface area contributed by atoms with Gasteiger partial charge in [-0.1, -0.05) is 12.8 Å². The monoisotopic (exact) mass is 210 g/mol. The lowest BCUT2D eigenvalue weighted by molar-refractivity contribution is 0.0802. The Hall–Kier alpha value is -0.0800. The third-order valence-corrected chi connectivity index (χ3v) is 4.52. The van der Waals surface area contributed by atoms with E-state index in [0.29, 0.717) is 0 Å². The van der Waals surface area contributed by atoms with E-state index in [9.17, 15) is 0 Å². The van der Waals surface area contributed by atoms with E-state index in [0.717, 1.165) is 18.5 Å². The molecule has 0 aromatic rings. The van der Waals surface area contributed by atoms with Crippen molar-refractivity contribution >= 4 is 0 Å². The Bertz CT molecular complexity index is 207. The molecule has 0 aromatic heterocycles. The largest absolute Gasteiger partial charge is 0.329 e. The third-order valence-electron chi connectivity index (χ3n) is 4.52. The summed E-state index contributed by atoms with van der Waals surface area (Å²) in [5.41, 5.74) is 6.12. The molecule has 15 heavy (non-hydrogen) atoms. The minimum Gasteiger partial charge on any atom is -0.329 e. The maximum absolute atomic E-state index is 5.91. The molecule has 0 aromatic carbocycles. The second kappa shape index (κ2) is 4.42. The van der Waals surface area contributed by atoms with Crippen molar-refractivity contribution in [1.29, 1.82) is 0 Å². The van der Waals surface area contributed by atoms with Crippen LogP contribution < -0.4 is 5.73 Å². The topological polar surface area (TPSA) is 29.3 Å². The number of hydrogen-bond donors (Lipinski definition) is 1. The van der Waals surface area contributed by atoms with Crippen molar-refractivity contribution in [3.8, 4) is 0 Å². The highest BCUT2D eigenvalue weighted by Crippen LogP contribution is 2.38. The smallest absolute Gasteiger partial charge is 0.0278 e. The summed E-state index contributed by atoms with van der Waals surface area (Å²) in [5.74, 6) is 0.971. The van der Waals surface area contributed by atoms with Crippen molar-refractivity contribution in [3.05, 3.63) is 0 Å². The second-order valence-electron chi connectivity index (χ2n) is 5.96. The Labute approximate surface area is 94.2 Å². The molecule has 2 rings (SSSR count). The standard InChI is InChI=1S/C13H26N2/c1-13(2,10-14)15-9-5-8-12(15)11-6-3-4-7-11/h11-12H,3-10,14H2,1-2H3. The molecule has 0 amide bonds. The molecule has 2 heteroatoms. The lowest BCUT2D eigenvalue weighted by Crippen LogP contribution is -2.53. The minimum atomic E-state index is 0.212. The summed E-state index contributed by atoms with van der Waals surface area (Å²) in [7, 11) is 0. The van der Waals surface area contributed by atoms with Crippen molar-refractivity contribution < 1.29 is 0 Å². The summed E-state index contributed by atoms with van der Waals surface area (Å²) in [6.07, 6.45) is 8.62. The van der Waals surface area contributed by atoms with Gasteiger partial charge in [0.05, 0.1) is 0 Å². The molecular formula is C13H26N2. The minimum absolute atomic E-state index is 0.212. The molecule has 0 radical (unpaired) electrons. The summed E-state index contributed by atoms with van der Waals surface area (Å²) in [6.45, 7) is 6.67. The van der Waals surface area contributed by atoms with Gasteiger partial charge in [-0.15, -0.1) is 0 Å². The van der Waals surface area contributed by atoms with Gasteiger partial charge in [-0.3, -0.25) is 4.90 Å². The van der Waals surface area contributed by atoms with E-state index >= 15 is 0 Å². The highest BCUT2D eigenvalue weighted by atomic mass is 15.2. The number of likely N-dealkylation sites (tertiary alicyclic amines) is 1. The van der Waals surface area contributed by atoms with Crippen LogP contribution in [0.25, 0.3) is 0 Å². The lowest BCUT2D eigenvalue weighted by Gasteiger charge is -2.41. The van der Waals surface area contributed by atoms with Gasteiger partial charge in [-0.2, -0.15) is 0 Å². The van der Waals surface area contributed by atoms with Crippen molar-refractivity contribution in [2.75, 3.05) is 13.1 Å². The van der Waals surface area contributed by atoms with Crippen LogP contribution in [0.15, 0.2) is 0 Å². The highest BCUT2D eigenvalue weighted by Gasteiger charge is 2.39. The Morgan fingerprint density at radius 2 is 1.80 bits per heavy atom. The summed E-state index contributed by atoms with van der Waals surface area (Å²) >= 11 is 0. The maximum Gasteiger partial charge on any atom is 0.0278 e. The second-order valence-corrected chi connectivity index (χ2v) is 5.96. The van der Waals surface area contributed by atoms with Gasteiger partial charge in [0.1, 0.15) is 0 Å². The molecule has 1 atom stereocenters. The van der Waals surface area contributed by atoms with Crippen LogP contribution in [0.5, 0.6) is 0 Å². The van der Waals surface area contributed by atoms with Gasteiger partial charge in [0.25, 0.3) is 0 Å². The fourth-order valence-electron chi connectivity index (χ4n) is 3.49. The Morgan fingerprint density at radius 3 is 2.40 bits per heavy atom. The van der Waals surface area contributed by atoms with Crippen molar-refractivity contribution in [1.82, 2.24) is 4.90 Å². The molecule has 1 aliphatic carbocycles. The molecule has 1 saturated heterocycles. The number of nitrogens with zero attached hydrogens (tertiary/aromatic N) is 1. The predicted molar refractivity (Wildman–Crippen MR) is 64.8 cm³/mol. The molecule has 0 spiro atoms. The van der Waals surface area contributed by atoms with Crippen molar-refractivity contribution in [2.45, 2.75) is 64.0 Å². The van der Waals surface area contributed by atoms with Gasteiger partial charge >= 0.3 is 0 Å². The molecule has 0 bridgehead atoms. The summed E-state index contributed by atoms with van der Waals surface area (Å²) in [5, 5.41) is 0. The molecular weight excluding hydrogens is 184 g/mol. The molecule has 2 aliphatic rings. The van der Waals surface area contributed by atoms with E-state index in [-0.39, 0.29) is 5.54 Å². The van der Waals surface area contributed by atoms with Gasteiger partial charge < -0.3 is 5.73 Å². The number of nitrogens with two attached hydrogens (primary N) is 1. The highest BCUT2D eigenvalue weighted by molar-refractivity contribution is 4.95. The van der Waals surface area contributed by atoms with E-state index in [2.05, 4.69) is 18.7 Å². The zero-order chi connectivity index (χ0) is 10.9. The summed E-state index contributed by atoms with van der Waals surface area (Å²) in [4.78, 5) is 2.70. The normalized spacial score (nSPS) is 30.2. The predicted octanol–water partition coefficient (Wildman–Crippen LogP) is 2.38. The number of rotatable bonds is 3. The fraction of sp³-hybridized carbons (Fsp3) is 1.00. The SMILES string of the molecule is CC(C)(CN)N1CCCC1C1CCCC1. The van der Waals surface area contributed by atoms with Gasteiger partial charge in [0.15, 0.2) is 0 Å². The van der Waals surface area contributed by atoms with Gasteiger partial charge in [-0.25, -0.2) is 0 Å². The molecule has 2 N–H and O–H groups in total. The van der Waals surface area contributed by atoms with Gasteiger partial charge in [-0.05, 0) is 52.0 Å². The summed E-state index contributed by atoms with van der Waals surface area (Å²) in [6, 6.07) is 0.839. The van der Waals surface area contributed by atoms with Crippen LogP contribution in [-0.4, -0.2) is 29.6 Å². The first-order chi connectivity index (χ1) is 7.15. The zero-order valence-electron chi connectivity index (χ0n) is 10.3. The first-order valence-electron chi connectivity index (χ1n) is 6.62. The van der Waals surface area contributed by atoms with E-state index < -0.39 is 0 Å². The van der Waals surface area contributed by atoms with Crippen LogP contribution in [0.2, 0.25) is 0 Å². The molecule has 1 aliphatic heterocycles. The van der Waals surface area contributed by atoms with Crippen LogP contribution in [-0.2, 0) is 0 Å². The first kappa shape index (κ1) is 11.4. The summed E-state index contributed by atoms with van der Waals surface area (Å²) < 4.78 is 0. The van der Waals surface area contributed by atoms with Gasteiger partial charge in [0.2, 0.25) is 0 Å². The first-order valence-corrected chi connectivity index (χ1v) is 6.62. The molecule has 1 heterocycles. The number of hydrogen-bond acceptors (Lipinski definition) is 2. The van der Waals surface area contributed by atoms with Crippen LogP contribution in [0.4, 0.5) is 0 Å². The molecule has 88 valence electrons. The van der Waals surface area contributed by atoms with Crippen LogP contribution in [0.3, 0.4) is 0 Å². The van der Waals surface area contributed by atoms with E-state index in [1.807, 2.05) is 0 Å². The van der Waals surface area contributed by atoms with Crippen molar-refractivity contribution in [2.24, 2.45) is 11.7 Å². The van der Waals surface area contributed by atoms with E-state index in [1.54, 1.807) is 0 Å². The van der Waals surface area contributed by atoms with E-state index in [4.69, 9.17) is 5.73 Å². The Kier molecular flexibility index (Phi) is 3.36. The maximum atomic E-state index is 5.91. The average Bonchev–Trinajstić information content (AvgIpc) is 2.87. The molecule has 2 nitrogen and oxygen atoms in total. The Balaban J connectivity index is 2.04.